The Kier molecular flexibility index (Phi) is 7.12. The van der Waals surface area contributed by atoms with Gasteiger partial charge in [-0.2, -0.15) is 0 Å². The zero-order chi connectivity index (χ0) is 25.3. The van der Waals surface area contributed by atoms with Crippen LogP contribution in [0.3, 0.4) is 0 Å². The Hall–Kier alpha value is -3.39. The van der Waals surface area contributed by atoms with Crippen LogP contribution in [0.1, 0.15) is 16.7 Å². The van der Waals surface area contributed by atoms with E-state index in [1.807, 2.05) is 0 Å². The van der Waals surface area contributed by atoms with Crippen molar-refractivity contribution in [2.75, 3.05) is 4.90 Å². The summed E-state index contributed by atoms with van der Waals surface area (Å²) in [5.41, 5.74) is 1.50. The zero-order valence-corrected chi connectivity index (χ0v) is 20.3. The summed E-state index contributed by atoms with van der Waals surface area (Å²) in [4.78, 5) is 39.1. The van der Waals surface area contributed by atoms with E-state index in [2.05, 4.69) is 5.32 Å². The highest BCUT2D eigenvalue weighted by Gasteiger charge is 2.37. The van der Waals surface area contributed by atoms with Gasteiger partial charge in [-0.25, -0.2) is 14.1 Å². The quantitative estimate of drug-likeness (QED) is 0.307. The molecule has 0 aliphatic carbocycles. The highest BCUT2D eigenvalue weighted by Crippen LogP contribution is 2.35. The Morgan fingerprint density at radius 2 is 1.69 bits per heavy atom. The lowest BCUT2D eigenvalue weighted by atomic mass is 10.1. The Bertz CT molecular complexity index is 1390. The number of anilines is 1. The SMILES string of the molecule is Cc1ccc(N2C(=O)NC(=O)/C(=C\c3cc(Cl)cc(Cl)c3OCc3ccc(F)cc3)C2=O)cc1Cl. The Labute approximate surface area is 214 Å². The van der Waals surface area contributed by atoms with Crippen molar-refractivity contribution in [3.63, 3.8) is 0 Å². The number of nitrogens with one attached hydrogen (secondary N) is 1. The monoisotopic (exact) mass is 532 g/mol. The number of barbiturate groups is 1. The maximum atomic E-state index is 13.2. The normalized spacial score (nSPS) is 14.9. The van der Waals surface area contributed by atoms with Crippen molar-refractivity contribution in [3.05, 3.63) is 97.7 Å². The Balaban J connectivity index is 1.71. The minimum Gasteiger partial charge on any atom is -0.487 e. The molecule has 0 saturated carbocycles. The van der Waals surface area contributed by atoms with Crippen molar-refractivity contribution in [2.24, 2.45) is 0 Å². The summed E-state index contributed by atoms with van der Waals surface area (Å²) in [7, 11) is 0. The molecule has 4 rings (SSSR count). The summed E-state index contributed by atoms with van der Waals surface area (Å²) < 4.78 is 19.0. The highest BCUT2D eigenvalue weighted by molar-refractivity contribution is 6.40. The third kappa shape index (κ3) is 5.32. The third-order valence-corrected chi connectivity index (χ3v) is 6.05. The standard InChI is InChI=1S/C25H16Cl3FN2O4/c1-13-2-7-18(11-20(13)27)31-24(33)19(23(32)30-25(31)34)9-15-8-16(26)10-21(28)22(15)35-12-14-3-5-17(29)6-4-14/h2-11H,12H2,1H3,(H,30,32,34)/b19-9+. The number of ether oxygens (including phenoxy) is 1. The second-order valence-corrected chi connectivity index (χ2v) is 8.86. The average Bonchev–Trinajstić information content (AvgIpc) is 2.79. The van der Waals surface area contributed by atoms with E-state index in [4.69, 9.17) is 39.5 Å². The smallest absolute Gasteiger partial charge is 0.335 e. The number of rotatable bonds is 5. The number of halogens is 4. The lowest BCUT2D eigenvalue weighted by molar-refractivity contribution is -0.122. The molecule has 0 atom stereocenters. The van der Waals surface area contributed by atoms with Crippen molar-refractivity contribution in [1.82, 2.24) is 5.32 Å². The number of urea groups is 1. The molecule has 1 fully saturated rings. The van der Waals surface area contributed by atoms with Crippen molar-refractivity contribution in [2.45, 2.75) is 13.5 Å². The van der Waals surface area contributed by atoms with Gasteiger partial charge in [-0.3, -0.25) is 14.9 Å². The molecular weight excluding hydrogens is 518 g/mol. The fraction of sp³-hybridized carbons (Fsp3) is 0.0800. The molecule has 0 aromatic heterocycles. The van der Waals surface area contributed by atoms with E-state index < -0.39 is 17.8 Å². The molecule has 35 heavy (non-hydrogen) atoms. The van der Waals surface area contributed by atoms with Crippen LogP contribution < -0.4 is 15.0 Å². The first-order chi connectivity index (χ1) is 16.6. The summed E-state index contributed by atoms with van der Waals surface area (Å²) >= 11 is 18.6. The van der Waals surface area contributed by atoms with Gasteiger partial charge in [0.2, 0.25) is 0 Å². The lowest BCUT2D eigenvalue weighted by Crippen LogP contribution is -2.54. The number of hydrogen-bond acceptors (Lipinski definition) is 4. The van der Waals surface area contributed by atoms with Crippen LogP contribution in [0.4, 0.5) is 14.9 Å². The molecule has 1 aliphatic rings. The first-order valence-electron chi connectivity index (χ1n) is 10.2. The largest absolute Gasteiger partial charge is 0.487 e. The predicted molar refractivity (Wildman–Crippen MR) is 132 cm³/mol. The molecule has 0 bridgehead atoms. The molecule has 0 unspecified atom stereocenters. The predicted octanol–water partition coefficient (Wildman–Crippen LogP) is 6.34. The molecule has 1 N–H and O–H groups in total. The number of carbonyl (C=O) groups is 3. The van der Waals surface area contributed by atoms with E-state index in [0.29, 0.717) is 10.6 Å². The van der Waals surface area contributed by atoms with Crippen LogP contribution in [0.5, 0.6) is 5.75 Å². The number of carbonyl (C=O) groups excluding carboxylic acids is 3. The van der Waals surface area contributed by atoms with Crippen LogP contribution in [-0.2, 0) is 16.2 Å². The van der Waals surface area contributed by atoms with Gasteiger partial charge in [0.15, 0.2) is 0 Å². The first-order valence-corrected chi connectivity index (χ1v) is 11.3. The van der Waals surface area contributed by atoms with Gasteiger partial charge in [0, 0.05) is 15.6 Å². The summed E-state index contributed by atoms with van der Waals surface area (Å²) in [6, 6.07) is 12.3. The van der Waals surface area contributed by atoms with Crippen molar-refractivity contribution in [1.29, 1.82) is 0 Å². The molecule has 0 spiro atoms. The second kappa shape index (κ2) is 10.1. The summed E-state index contributed by atoms with van der Waals surface area (Å²) in [5.74, 6) is -2.00. The van der Waals surface area contributed by atoms with Gasteiger partial charge in [-0.1, -0.05) is 53.0 Å². The van der Waals surface area contributed by atoms with E-state index in [1.165, 1.54) is 36.4 Å². The molecule has 10 heteroatoms. The minimum absolute atomic E-state index is 0.0322. The molecule has 3 aromatic rings. The van der Waals surface area contributed by atoms with E-state index >= 15 is 0 Å². The number of benzene rings is 3. The van der Waals surface area contributed by atoms with Crippen LogP contribution in [0.25, 0.3) is 6.08 Å². The molecule has 1 heterocycles. The molecule has 0 radical (unpaired) electrons. The number of nitrogens with zero attached hydrogens (tertiary/aromatic N) is 1. The van der Waals surface area contributed by atoms with Gasteiger partial charge >= 0.3 is 6.03 Å². The van der Waals surface area contributed by atoms with E-state index in [1.54, 1.807) is 31.2 Å². The van der Waals surface area contributed by atoms with Crippen molar-refractivity contribution >= 4 is 64.4 Å². The summed E-state index contributed by atoms with van der Waals surface area (Å²) in [5, 5.41) is 2.87. The van der Waals surface area contributed by atoms with Gasteiger partial charge in [-0.15, -0.1) is 0 Å². The molecule has 178 valence electrons. The van der Waals surface area contributed by atoms with Gasteiger partial charge in [0.1, 0.15) is 23.7 Å². The molecule has 3 aromatic carbocycles. The van der Waals surface area contributed by atoms with Crippen LogP contribution >= 0.6 is 34.8 Å². The van der Waals surface area contributed by atoms with Crippen LogP contribution in [0, 0.1) is 12.7 Å². The average molecular weight is 534 g/mol. The van der Waals surface area contributed by atoms with E-state index in [0.717, 1.165) is 10.5 Å². The molecular formula is C25H16Cl3FN2O4. The molecule has 6 nitrogen and oxygen atoms in total. The van der Waals surface area contributed by atoms with Gasteiger partial charge in [0.25, 0.3) is 11.8 Å². The van der Waals surface area contributed by atoms with Gasteiger partial charge in [0.05, 0.1) is 10.7 Å². The fourth-order valence-electron chi connectivity index (χ4n) is 3.34. The second-order valence-electron chi connectivity index (χ2n) is 7.61. The van der Waals surface area contributed by atoms with Gasteiger partial charge in [-0.05, 0) is 60.5 Å². The van der Waals surface area contributed by atoms with Crippen LogP contribution in [0.15, 0.2) is 60.2 Å². The fourth-order valence-corrected chi connectivity index (χ4v) is 4.08. The maximum Gasteiger partial charge on any atom is 0.335 e. The number of amides is 4. The first kappa shape index (κ1) is 24.7. The van der Waals surface area contributed by atoms with E-state index in [-0.39, 0.29) is 45.0 Å². The third-order valence-electron chi connectivity index (χ3n) is 5.15. The van der Waals surface area contributed by atoms with Gasteiger partial charge < -0.3 is 4.74 Å². The Morgan fingerprint density at radius 3 is 2.37 bits per heavy atom. The summed E-state index contributed by atoms with van der Waals surface area (Å²) in [6.45, 7) is 1.81. The van der Waals surface area contributed by atoms with Crippen LogP contribution in [0.2, 0.25) is 15.1 Å². The van der Waals surface area contributed by atoms with Crippen LogP contribution in [-0.4, -0.2) is 17.8 Å². The minimum atomic E-state index is -0.908. The van der Waals surface area contributed by atoms with Crippen molar-refractivity contribution < 1.29 is 23.5 Å². The van der Waals surface area contributed by atoms with E-state index in [9.17, 15) is 18.8 Å². The molecule has 4 amide bonds. The lowest BCUT2D eigenvalue weighted by Gasteiger charge is -2.26. The number of aryl methyl sites for hydroxylation is 1. The zero-order valence-electron chi connectivity index (χ0n) is 18.1. The molecule has 1 saturated heterocycles. The number of hydrogen-bond donors (Lipinski definition) is 1. The highest BCUT2D eigenvalue weighted by atomic mass is 35.5. The topological polar surface area (TPSA) is 75.7 Å². The maximum absolute atomic E-state index is 13.2. The number of imide groups is 2. The molecule has 1 aliphatic heterocycles. The summed E-state index contributed by atoms with van der Waals surface area (Å²) in [6.07, 6.45) is 1.24. The Morgan fingerprint density at radius 1 is 0.971 bits per heavy atom. The van der Waals surface area contributed by atoms with Crippen molar-refractivity contribution in [3.8, 4) is 5.75 Å².